The number of aryl methyl sites for hydroxylation is 1. The zero-order valence-corrected chi connectivity index (χ0v) is 18.2. The number of hydrogen-bond acceptors (Lipinski definition) is 4. The molecule has 2 aromatic rings. The van der Waals surface area contributed by atoms with E-state index >= 15 is 0 Å². The molecule has 162 valence electrons. The minimum Gasteiger partial charge on any atom is -0.454 e. The fraction of sp³-hybridized carbons (Fsp3) is 0.522. The highest BCUT2D eigenvalue weighted by atomic mass is 16.7. The lowest BCUT2D eigenvalue weighted by atomic mass is 9.74. The molecule has 0 unspecified atom stereocenters. The van der Waals surface area contributed by atoms with Crippen molar-refractivity contribution < 1.29 is 14.2 Å². The lowest BCUT2D eigenvalue weighted by molar-refractivity contribution is 0.0529. The van der Waals surface area contributed by atoms with E-state index < -0.39 is 0 Å². The predicted octanol–water partition coefficient (Wildman–Crippen LogP) is 2.90. The lowest BCUT2D eigenvalue weighted by Crippen LogP contribution is -2.42. The van der Waals surface area contributed by atoms with Gasteiger partial charge in [-0.25, -0.2) is 0 Å². The fourth-order valence-electron chi connectivity index (χ4n) is 4.20. The normalized spacial score (nSPS) is 17.8. The molecule has 0 spiro atoms. The van der Waals surface area contributed by atoms with Gasteiger partial charge in [0.05, 0.1) is 13.1 Å². The molecule has 1 aromatic heterocycles. The Hall–Kier alpha value is -2.67. The average Bonchev–Trinajstić information content (AvgIpc) is 3.40. The summed E-state index contributed by atoms with van der Waals surface area (Å²) in [6.45, 7) is 6.23. The van der Waals surface area contributed by atoms with Crippen LogP contribution < -0.4 is 14.8 Å². The zero-order chi connectivity index (χ0) is 21.0. The van der Waals surface area contributed by atoms with Crippen LogP contribution in [-0.4, -0.2) is 55.6 Å². The van der Waals surface area contributed by atoms with E-state index in [1.54, 1.807) is 0 Å². The molecule has 4 rings (SSSR count). The molecular formula is C23H32N4O3. The largest absolute Gasteiger partial charge is 0.454 e. The minimum atomic E-state index is -0.0638. The minimum absolute atomic E-state index is 0.0638. The van der Waals surface area contributed by atoms with Crippen LogP contribution in [0.5, 0.6) is 11.5 Å². The number of ether oxygens (including phenoxy) is 3. The summed E-state index contributed by atoms with van der Waals surface area (Å²) in [7, 11) is 4.16. The molecule has 1 aromatic carbocycles. The number of rotatable bonds is 6. The highest BCUT2D eigenvalue weighted by Gasteiger charge is 2.36. The molecule has 0 aliphatic carbocycles. The van der Waals surface area contributed by atoms with Crippen molar-refractivity contribution in [3.05, 3.63) is 47.8 Å². The molecule has 0 amide bonds. The third-order valence-electron chi connectivity index (χ3n) is 6.11. The van der Waals surface area contributed by atoms with E-state index in [0.29, 0.717) is 13.3 Å². The van der Waals surface area contributed by atoms with Crippen LogP contribution in [0.2, 0.25) is 0 Å². The van der Waals surface area contributed by atoms with Crippen molar-refractivity contribution in [2.24, 2.45) is 12.0 Å². The molecule has 0 bridgehead atoms. The summed E-state index contributed by atoms with van der Waals surface area (Å²) in [6.07, 6.45) is 3.96. The van der Waals surface area contributed by atoms with E-state index in [-0.39, 0.29) is 5.41 Å². The van der Waals surface area contributed by atoms with Crippen molar-refractivity contribution in [1.29, 1.82) is 0 Å². The van der Waals surface area contributed by atoms with Gasteiger partial charge in [-0.1, -0.05) is 6.07 Å². The van der Waals surface area contributed by atoms with E-state index in [2.05, 4.69) is 66.3 Å². The number of aliphatic imine (C=N–C) groups is 1. The number of nitrogens with zero attached hydrogens (tertiary/aromatic N) is 3. The molecule has 2 aliphatic rings. The number of aromatic nitrogens is 1. The monoisotopic (exact) mass is 412 g/mol. The second-order valence-corrected chi connectivity index (χ2v) is 8.10. The standard InChI is InChI=1S/C23H32N4O3/c1-4-24-22(27(3)15-19-6-5-11-26(19)2)25-16-23(9-12-28-13-10-23)18-7-8-20-21(14-18)30-17-29-20/h5-8,11,14H,4,9-10,12-13,15-17H2,1-3H3,(H,24,25). The van der Waals surface area contributed by atoms with Gasteiger partial charge >= 0.3 is 0 Å². The summed E-state index contributed by atoms with van der Waals surface area (Å²) < 4.78 is 19.0. The summed E-state index contributed by atoms with van der Waals surface area (Å²) in [4.78, 5) is 7.27. The molecule has 1 saturated heterocycles. The van der Waals surface area contributed by atoms with Gasteiger partial charge in [-0.05, 0) is 49.6 Å². The van der Waals surface area contributed by atoms with E-state index in [1.807, 2.05) is 6.07 Å². The molecular weight excluding hydrogens is 380 g/mol. The number of benzene rings is 1. The maximum absolute atomic E-state index is 5.69. The third-order valence-corrected chi connectivity index (χ3v) is 6.11. The van der Waals surface area contributed by atoms with Crippen LogP contribution in [0, 0.1) is 0 Å². The van der Waals surface area contributed by atoms with Gasteiger partial charge in [0.2, 0.25) is 6.79 Å². The molecule has 30 heavy (non-hydrogen) atoms. The Morgan fingerprint density at radius 2 is 2.00 bits per heavy atom. The van der Waals surface area contributed by atoms with Crippen LogP contribution >= 0.6 is 0 Å². The number of hydrogen-bond donors (Lipinski definition) is 1. The Bertz CT molecular complexity index is 886. The second kappa shape index (κ2) is 9.00. The van der Waals surface area contributed by atoms with Crippen molar-refractivity contribution >= 4 is 5.96 Å². The summed E-state index contributed by atoms with van der Waals surface area (Å²) in [5.74, 6) is 2.57. The molecule has 7 nitrogen and oxygen atoms in total. The topological polar surface area (TPSA) is 60.3 Å². The van der Waals surface area contributed by atoms with Crippen molar-refractivity contribution in [3.8, 4) is 11.5 Å². The SMILES string of the molecule is CCNC(=NCC1(c2ccc3c(c2)OCO3)CCOCC1)N(C)Cc1cccn1C. The van der Waals surface area contributed by atoms with Gasteiger partial charge in [-0.3, -0.25) is 4.99 Å². The highest BCUT2D eigenvalue weighted by Crippen LogP contribution is 2.41. The first-order valence-corrected chi connectivity index (χ1v) is 10.7. The van der Waals surface area contributed by atoms with E-state index in [4.69, 9.17) is 19.2 Å². The first-order chi connectivity index (χ1) is 14.6. The number of fused-ring (bicyclic) bond motifs is 1. The van der Waals surface area contributed by atoms with Gasteiger partial charge in [-0.15, -0.1) is 0 Å². The summed E-state index contributed by atoms with van der Waals surface area (Å²) in [6, 6.07) is 10.5. The third kappa shape index (κ3) is 4.26. The smallest absolute Gasteiger partial charge is 0.231 e. The van der Waals surface area contributed by atoms with E-state index in [0.717, 1.165) is 56.6 Å². The van der Waals surface area contributed by atoms with Crippen molar-refractivity contribution in [3.63, 3.8) is 0 Å². The molecule has 0 saturated carbocycles. The van der Waals surface area contributed by atoms with Crippen molar-refractivity contribution in [2.45, 2.75) is 31.7 Å². The number of guanidine groups is 1. The Labute approximate surface area is 178 Å². The average molecular weight is 413 g/mol. The van der Waals surface area contributed by atoms with Crippen LogP contribution in [0.4, 0.5) is 0 Å². The predicted molar refractivity (Wildman–Crippen MR) is 117 cm³/mol. The first-order valence-electron chi connectivity index (χ1n) is 10.7. The zero-order valence-electron chi connectivity index (χ0n) is 18.2. The van der Waals surface area contributed by atoms with Gasteiger partial charge in [0, 0.05) is 51.2 Å². The Morgan fingerprint density at radius 1 is 1.20 bits per heavy atom. The number of nitrogens with one attached hydrogen (secondary N) is 1. The molecule has 0 atom stereocenters. The van der Waals surface area contributed by atoms with Gasteiger partial charge in [-0.2, -0.15) is 0 Å². The summed E-state index contributed by atoms with van der Waals surface area (Å²) >= 11 is 0. The Morgan fingerprint density at radius 3 is 2.73 bits per heavy atom. The van der Waals surface area contributed by atoms with Crippen LogP contribution in [-0.2, 0) is 23.7 Å². The molecule has 3 heterocycles. The van der Waals surface area contributed by atoms with Crippen LogP contribution in [0.25, 0.3) is 0 Å². The molecule has 2 aliphatic heterocycles. The van der Waals surface area contributed by atoms with Gasteiger partial charge in [0.25, 0.3) is 0 Å². The van der Waals surface area contributed by atoms with E-state index in [9.17, 15) is 0 Å². The van der Waals surface area contributed by atoms with Crippen molar-refractivity contribution in [2.75, 3.05) is 40.1 Å². The quantitative estimate of drug-likeness (QED) is 0.584. The van der Waals surface area contributed by atoms with Gasteiger partial charge in [0.1, 0.15) is 0 Å². The first kappa shape index (κ1) is 20.6. The fourth-order valence-corrected chi connectivity index (χ4v) is 4.20. The van der Waals surface area contributed by atoms with E-state index in [1.165, 1.54) is 11.3 Å². The van der Waals surface area contributed by atoms with Gasteiger partial charge in [0.15, 0.2) is 17.5 Å². The van der Waals surface area contributed by atoms with Crippen molar-refractivity contribution in [1.82, 2.24) is 14.8 Å². The molecule has 1 N–H and O–H groups in total. The Kier molecular flexibility index (Phi) is 6.18. The Balaban J connectivity index is 1.57. The van der Waals surface area contributed by atoms with Crippen LogP contribution in [0.15, 0.2) is 41.5 Å². The van der Waals surface area contributed by atoms with Gasteiger partial charge < -0.3 is 29.0 Å². The van der Waals surface area contributed by atoms with Crippen LogP contribution in [0.3, 0.4) is 0 Å². The maximum atomic E-state index is 5.69. The summed E-state index contributed by atoms with van der Waals surface area (Å²) in [5, 5.41) is 3.45. The van der Waals surface area contributed by atoms with Crippen LogP contribution in [0.1, 0.15) is 31.0 Å². The molecule has 1 fully saturated rings. The highest BCUT2D eigenvalue weighted by molar-refractivity contribution is 5.79. The molecule has 0 radical (unpaired) electrons. The molecule has 7 heteroatoms. The lowest BCUT2D eigenvalue weighted by Gasteiger charge is -2.37. The second-order valence-electron chi connectivity index (χ2n) is 8.10. The summed E-state index contributed by atoms with van der Waals surface area (Å²) in [5.41, 5.74) is 2.44. The maximum Gasteiger partial charge on any atom is 0.231 e.